The summed E-state index contributed by atoms with van der Waals surface area (Å²) in [4.78, 5) is 25.7. The molecule has 0 bridgehead atoms. The summed E-state index contributed by atoms with van der Waals surface area (Å²) in [5.74, 6) is 0.737. The minimum atomic E-state index is -0.0478. The molecule has 0 spiro atoms. The van der Waals surface area contributed by atoms with E-state index in [2.05, 4.69) is 11.4 Å². The lowest BCUT2D eigenvalue weighted by molar-refractivity contribution is -0.130. The van der Waals surface area contributed by atoms with E-state index in [1.165, 1.54) is 6.92 Å². The maximum absolute atomic E-state index is 12.1. The van der Waals surface area contributed by atoms with Crippen molar-refractivity contribution in [2.45, 2.75) is 33.2 Å². The molecule has 0 atom stereocenters. The molecule has 5 heteroatoms. The van der Waals surface area contributed by atoms with E-state index in [1.54, 1.807) is 12.0 Å². The van der Waals surface area contributed by atoms with E-state index in [4.69, 9.17) is 4.74 Å². The van der Waals surface area contributed by atoms with Crippen LogP contribution < -0.4 is 10.1 Å². The molecule has 0 aliphatic rings. The highest BCUT2D eigenvalue weighted by Gasteiger charge is 2.12. The molecule has 0 fully saturated rings. The number of nitrogens with one attached hydrogen (secondary N) is 1. The summed E-state index contributed by atoms with van der Waals surface area (Å²) < 4.78 is 5.20. The third-order valence-electron chi connectivity index (χ3n) is 4.38. The van der Waals surface area contributed by atoms with Crippen LogP contribution in [0, 0.1) is 6.92 Å². The lowest BCUT2D eigenvalue weighted by Crippen LogP contribution is -2.34. The molecule has 2 aromatic rings. The summed E-state index contributed by atoms with van der Waals surface area (Å²) in [6, 6.07) is 15.9. The van der Waals surface area contributed by atoms with Crippen LogP contribution in [0.2, 0.25) is 0 Å². The number of amides is 2. The van der Waals surface area contributed by atoms with Gasteiger partial charge in [-0.3, -0.25) is 9.59 Å². The molecule has 5 nitrogen and oxygen atoms in total. The van der Waals surface area contributed by atoms with Gasteiger partial charge in [-0.25, -0.2) is 0 Å². The number of carbonyl (C=O) groups excluding carboxylic acids is 2. The second-order valence-corrected chi connectivity index (χ2v) is 6.63. The SMILES string of the molecule is COc1cccc(CCNC(=O)CCN(Cc2cccc(C)c2)C(C)=O)c1. The highest BCUT2D eigenvalue weighted by Crippen LogP contribution is 2.12. The van der Waals surface area contributed by atoms with E-state index in [9.17, 15) is 9.59 Å². The zero-order valence-corrected chi connectivity index (χ0v) is 16.3. The Hall–Kier alpha value is -2.82. The smallest absolute Gasteiger partial charge is 0.221 e. The first-order valence-electron chi connectivity index (χ1n) is 9.18. The van der Waals surface area contributed by atoms with Crippen LogP contribution in [0.4, 0.5) is 0 Å². The average molecular weight is 368 g/mol. The summed E-state index contributed by atoms with van der Waals surface area (Å²) >= 11 is 0. The standard InChI is InChI=1S/C22H28N2O3/c1-17-6-4-8-20(14-17)16-24(18(2)25)13-11-22(26)23-12-10-19-7-5-9-21(15-19)27-3/h4-9,14-15H,10-13,16H2,1-3H3,(H,23,26). The third-order valence-corrected chi connectivity index (χ3v) is 4.38. The monoisotopic (exact) mass is 368 g/mol. The van der Waals surface area contributed by atoms with Gasteiger partial charge < -0.3 is 15.0 Å². The Morgan fingerprint density at radius 3 is 2.52 bits per heavy atom. The van der Waals surface area contributed by atoms with E-state index in [0.29, 0.717) is 26.1 Å². The summed E-state index contributed by atoms with van der Waals surface area (Å²) in [7, 11) is 1.64. The van der Waals surface area contributed by atoms with Crippen LogP contribution in [0.25, 0.3) is 0 Å². The Kier molecular flexibility index (Phi) is 7.86. The summed E-state index contributed by atoms with van der Waals surface area (Å²) in [6.07, 6.45) is 1.03. The van der Waals surface area contributed by atoms with Crippen molar-refractivity contribution in [1.29, 1.82) is 0 Å². The lowest BCUT2D eigenvalue weighted by Gasteiger charge is -2.21. The normalized spacial score (nSPS) is 10.3. The molecule has 0 aromatic heterocycles. The van der Waals surface area contributed by atoms with Crippen molar-refractivity contribution in [3.05, 3.63) is 65.2 Å². The van der Waals surface area contributed by atoms with E-state index in [-0.39, 0.29) is 11.8 Å². The third kappa shape index (κ3) is 7.13. The van der Waals surface area contributed by atoms with Gasteiger partial charge in [0.15, 0.2) is 0 Å². The van der Waals surface area contributed by atoms with Gasteiger partial charge in [0.2, 0.25) is 11.8 Å². The van der Waals surface area contributed by atoms with Crippen molar-refractivity contribution >= 4 is 11.8 Å². The first-order chi connectivity index (χ1) is 13.0. The number of rotatable bonds is 9. The van der Waals surface area contributed by atoms with Crippen molar-refractivity contribution in [2.75, 3.05) is 20.2 Å². The van der Waals surface area contributed by atoms with Gasteiger partial charge in [0.05, 0.1) is 7.11 Å². The van der Waals surface area contributed by atoms with E-state index >= 15 is 0 Å². The quantitative estimate of drug-likeness (QED) is 0.740. The topological polar surface area (TPSA) is 58.6 Å². The zero-order chi connectivity index (χ0) is 19.6. The highest BCUT2D eigenvalue weighted by molar-refractivity contribution is 5.78. The molecule has 0 aliphatic heterocycles. The number of nitrogens with zero attached hydrogens (tertiary/aromatic N) is 1. The fraction of sp³-hybridized carbons (Fsp3) is 0.364. The fourth-order valence-electron chi connectivity index (χ4n) is 2.88. The number of aryl methyl sites for hydroxylation is 1. The maximum Gasteiger partial charge on any atom is 0.221 e. The van der Waals surface area contributed by atoms with Crippen LogP contribution >= 0.6 is 0 Å². The molecule has 0 unspecified atom stereocenters. The van der Waals surface area contributed by atoms with Crippen molar-refractivity contribution in [3.63, 3.8) is 0 Å². The predicted octanol–water partition coefficient (Wildman–Crippen LogP) is 3.10. The molecule has 2 amide bonds. The fourth-order valence-corrected chi connectivity index (χ4v) is 2.88. The van der Waals surface area contributed by atoms with Crippen molar-refractivity contribution in [3.8, 4) is 5.75 Å². The Balaban J connectivity index is 1.77. The minimum Gasteiger partial charge on any atom is -0.497 e. The van der Waals surface area contributed by atoms with E-state index in [0.717, 1.165) is 28.9 Å². The highest BCUT2D eigenvalue weighted by atomic mass is 16.5. The van der Waals surface area contributed by atoms with Crippen LogP contribution in [-0.4, -0.2) is 36.9 Å². The van der Waals surface area contributed by atoms with E-state index in [1.807, 2.05) is 49.4 Å². The molecule has 1 N–H and O–H groups in total. The van der Waals surface area contributed by atoms with Gasteiger partial charge in [-0.15, -0.1) is 0 Å². The van der Waals surface area contributed by atoms with Crippen LogP contribution in [0.3, 0.4) is 0 Å². The number of ether oxygens (including phenoxy) is 1. The Bertz CT molecular complexity index is 774. The van der Waals surface area contributed by atoms with Crippen LogP contribution in [0.15, 0.2) is 48.5 Å². The Morgan fingerprint density at radius 1 is 1.07 bits per heavy atom. The second-order valence-electron chi connectivity index (χ2n) is 6.63. The minimum absolute atomic E-state index is 0.0271. The van der Waals surface area contributed by atoms with Crippen LogP contribution in [0.5, 0.6) is 5.75 Å². The number of hydrogen-bond acceptors (Lipinski definition) is 3. The number of carbonyl (C=O) groups is 2. The molecule has 0 saturated heterocycles. The molecule has 0 aliphatic carbocycles. The van der Waals surface area contributed by atoms with Gasteiger partial charge in [-0.1, -0.05) is 42.0 Å². The second kappa shape index (κ2) is 10.4. The molecule has 2 aromatic carbocycles. The van der Waals surface area contributed by atoms with Crippen molar-refractivity contribution in [1.82, 2.24) is 10.2 Å². The number of benzene rings is 2. The summed E-state index contributed by atoms with van der Waals surface area (Å²) in [5.41, 5.74) is 3.34. The molecular weight excluding hydrogens is 340 g/mol. The van der Waals surface area contributed by atoms with Crippen LogP contribution in [-0.2, 0) is 22.6 Å². The van der Waals surface area contributed by atoms with E-state index < -0.39 is 0 Å². The number of methoxy groups -OCH3 is 1. The Morgan fingerprint density at radius 2 is 1.81 bits per heavy atom. The summed E-state index contributed by atoms with van der Waals surface area (Å²) in [6.45, 7) is 5.06. The predicted molar refractivity (Wildman–Crippen MR) is 107 cm³/mol. The van der Waals surface area contributed by atoms with Crippen molar-refractivity contribution < 1.29 is 14.3 Å². The molecule has 0 radical (unpaired) electrons. The van der Waals surface area contributed by atoms with Gasteiger partial charge in [0.25, 0.3) is 0 Å². The van der Waals surface area contributed by atoms with Crippen LogP contribution in [0.1, 0.15) is 30.0 Å². The number of hydrogen-bond donors (Lipinski definition) is 1. The first kappa shape index (κ1) is 20.5. The Labute approximate surface area is 161 Å². The average Bonchev–Trinajstić information content (AvgIpc) is 2.65. The molecule has 0 heterocycles. The molecule has 27 heavy (non-hydrogen) atoms. The maximum atomic E-state index is 12.1. The lowest BCUT2D eigenvalue weighted by atomic mass is 10.1. The largest absolute Gasteiger partial charge is 0.497 e. The van der Waals surface area contributed by atoms with Crippen molar-refractivity contribution in [2.24, 2.45) is 0 Å². The van der Waals surface area contributed by atoms with Gasteiger partial charge in [-0.05, 0) is 36.6 Å². The molecular formula is C22H28N2O3. The van der Waals surface area contributed by atoms with Gasteiger partial charge in [-0.2, -0.15) is 0 Å². The van der Waals surface area contributed by atoms with Gasteiger partial charge >= 0.3 is 0 Å². The summed E-state index contributed by atoms with van der Waals surface area (Å²) in [5, 5.41) is 2.92. The molecule has 2 rings (SSSR count). The molecule has 0 saturated carbocycles. The van der Waals surface area contributed by atoms with Gasteiger partial charge in [0, 0.05) is 33.0 Å². The first-order valence-corrected chi connectivity index (χ1v) is 9.18. The molecule has 144 valence electrons. The zero-order valence-electron chi connectivity index (χ0n) is 16.3. The van der Waals surface area contributed by atoms with Gasteiger partial charge in [0.1, 0.15) is 5.75 Å².